The van der Waals surface area contributed by atoms with Crippen molar-refractivity contribution in [3.63, 3.8) is 0 Å². The third-order valence-electron chi connectivity index (χ3n) is 2.40. The predicted molar refractivity (Wildman–Crippen MR) is 63.3 cm³/mol. The lowest BCUT2D eigenvalue weighted by molar-refractivity contribution is 0.276. The molecule has 0 spiro atoms. The highest BCUT2D eigenvalue weighted by atomic mass is 32.2. The Morgan fingerprint density at radius 2 is 2.40 bits per heavy atom. The maximum atomic E-state index is 8.87. The Balaban J connectivity index is 2.54. The summed E-state index contributed by atoms with van der Waals surface area (Å²) in [6.45, 7) is 2.07. The first-order valence-corrected chi connectivity index (χ1v) is 6.35. The molecule has 0 bridgehead atoms. The van der Waals surface area contributed by atoms with Crippen molar-refractivity contribution in [3.05, 3.63) is 12.0 Å². The van der Waals surface area contributed by atoms with E-state index in [9.17, 15) is 0 Å². The molecule has 5 heteroatoms. The molecule has 1 heterocycles. The lowest BCUT2D eigenvalue weighted by Gasteiger charge is -2.22. The van der Waals surface area contributed by atoms with Gasteiger partial charge in [0.25, 0.3) is 6.01 Å². The number of aliphatic hydroxyl groups excluding tert-OH is 1. The van der Waals surface area contributed by atoms with Crippen LogP contribution in [-0.2, 0) is 6.61 Å². The predicted octanol–water partition coefficient (Wildman–Crippen LogP) is 1.74. The molecule has 1 unspecified atom stereocenters. The van der Waals surface area contributed by atoms with Crippen LogP contribution < -0.4 is 4.90 Å². The first-order chi connectivity index (χ1) is 7.19. The van der Waals surface area contributed by atoms with Gasteiger partial charge in [0.15, 0.2) is 0 Å². The highest BCUT2D eigenvalue weighted by molar-refractivity contribution is 7.98. The molecule has 0 fully saturated rings. The zero-order chi connectivity index (χ0) is 11.3. The van der Waals surface area contributed by atoms with Gasteiger partial charge in [-0.15, -0.1) is 0 Å². The quantitative estimate of drug-likeness (QED) is 0.806. The fourth-order valence-corrected chi connectivity index (χ4v) is 1.78. The van der Waals surface area contributed by atoms with Crippen molar-refractivity contribution >= 4 is 17.8 Å². The van der Waals surface area contributed by atoms with E-state index in [0.717, 1.165) is 12.2 Å². The summed E-state index contributed by atoms with van der Waals surface area (Å²) >= 11 is 1.83. The fourth-order valence-electron chi connectivity index (χ4n) is 1.20. The molecule has 1 atom stereocenters. The fraction of sp³-hybridized carbons (Fsp3) is 0.700. The van der Waals surface area contributed by atoms with Crippen LogP contribution in [0.2, 0.25) is 0 Å². The summed E-state index contributed by atoms with van der Waals surface area (Å²) in [5.74, 6) is 1.12. The van der Waals surface area contributed by atoms with Gasteiger partial charge in [-0.1, -0.05) is 0 Å². The molecule has 0 saturated carbocycles. The monoisotopic (exact) mass is 230 g/mol. The number of aromatic nitrogens is 1. The Labute approximate surface area is 94.7 Å². The van der Waals surface area contributed by atoms with Crippen LogP contribution in [0.1, 0.15) is 19.0 Å². The Morgan fingerprint density at radius 1 is 1.67 bits per heavy atom. The van der Waals surface area contributed by atoms with Crippen molar-refractivity contribution in [1.82, 2.24) is 4.98 Å². The van der Waals surface area contributed by atoms with E-state index in [1.807, 2.05) is 23.7 Å². The standard InChI is InChI=1S/C10H18N2O2S/c1-8(4-5-15-3)12(2)10-11-9(6-13)7-14-10/h7-8,13H,4-6H2,1-3H3. The van der Waals surface area contributed by atoms with Gasteiger partial charge in [-0.25, -0.2) is 0 Å². The highest BCUT2D eigenvalue weighted by Gasteiger charge is 2.14. The van der Waals surface area contributed by atoms with Gasteiger partial charge in [-0.05, 0) is 25.4 Å². The van der Waals surface area contributed by atoms with Gasteiger partial charge in [-0.2, -0.15) is 16.7 Å². The second-order valence-corrected chi connectivity index (χ2v) is 4.51. The van der Waals surface area contributed by atoms with Gasteiger partial charge in [0.05, 0.1) is 6.61 Å². The Morgan fingerprint density at radius 3 is 2.93 bits per heavy atom. The summed E-state index contributed by atoms with van der Waals surface area (Å²) in [4.78, 5) is 6.16. The van der Waals surface area contributed by atoms with Crippen molar-refractivity contribution in [2.75, 3.05) is 24.0 Å². The molecule has 1 rings (SSSR count). The van der Waals surface area contributed by atoms with E-state index in [-0.39, 0.29) is 6.61 Å². The van der Waals surface area contributed by atoms with E-state index in [0.29, 0.717) is 17.8 Å². The molecule has 0 saturated heterocycles. The van der Waals surface area contributed by atoms with Crippen LogP contribution in [0.3, 0.4) is 0 Å². The second-order valence-electron chi connectivity index (χ2n) is 3.52. The number of hydrogen-bond acceptors (Lipinski definition) is 5. The molecular weight excluding hydrogens is 212 g/mol. The summed E-state index contributed by atoms with van der Waals surface area (Å²) in [6, 6.07) is 0.968. The van der Waals surface area contributed by atoms with E-state index in [2.05, 4.69) is 18.2 Å². The summed E-state index contributed by atoms with van der Waals surface area (Å²) in [6.07, 6.45) is 4.68. The molecule has 1 aromatic heterocycles. The Bertz CT molecular complexity index is 291. The lowest BCUT2D eigenvalue weighted by atomic mass is 10.2. The topological polar surface area (TPSA) is 49.5 Å². The summed E-state index contributed by atoms with van der Waals surface area (Å²) in [7, 11) is 1.96. The van der Waals surface area contributed by atoms with Crippen LogP contribution in [0.4, 0.5) is 6.01 Å². The number of aliphatic hydroxyl groups is 1. The second kappa shape index (κ2) is 6.02. The van der Waals surface area contributed by atoms with Crippen LogP contribution in [0.5, 0.6) is 0 Å². The molecule has 0 aliphatic rings. The average molecular weight is 230 g/mol. The van der Waals surface area contributed by atoms with E-state index >= 15 is 0 Å². The minimum atomic E-state index is -0.0729. The normalized spacial score (nSPS) is 12.8. The van der Waals surface area contributed by atoms with E-state index < -0.39 is 0 Å². The highest BCUT2D eigenvalue weighted by Crippen LogP contribution is 2.16. The zero-order valence-electron chi connectivity index (χ0n) is 9.43. The maximum absolute atomic E-state index is 8.87. The van der Waals surface area contributed by atoms with Crippen molar-refractivity contribution in [1.29, 1.82) is 0 Å². The maximum Gasteiger partial charge on any atom is 0.297 e. The van der Waals surface area contributed by atoms with Crippen LogP contribution in [0.25, 0.3) is 0 Å². The molecule has 0 radical (unpaired) electrons. The molecule has 15 heavy (non-hydrogen) atoms. The first kappa shape index (κ1) is 12.4. The van der Waals surface area contributed by atoms with Crippen LogP contribution in [0, 0.1) is 0 Å². The van der Waals surface area contributed by atoms with Gasteiger partial charge in [0.2, 0.25) is 0 Å². The molecule has 0 aromatic carbocycles. The van der Waals surface area contributed by atoms with Crippen LogP contribution >= 0.6 is 11.8 Å². The van der Waals surface area contributed by atoms with E-state index in [4.69, 9.17) is 9.52 Å². The van der Waals surface area contributed by atoms with Crippen molar-refractivity contribution in [2.24, 2.45) is 0 Å². The molecule has 0 aliphatic heterocycles. The minimum absolute atomic E-state index is 0.0729. The number of nitrogens with zero attached hydrogens (tertiary/aromatic N) is 2. The third kappa shape index (κ3) is 3.43. The summed E-state index contributed by atoms with van der Waals surface area (Å²) in [5.41, 5.74) is 0.578. The van der Waals surface area contributed by atoms with Crippen molar-refractivity contribution < 1.29 is 9.52 Å². The Kier molecular flexibility index (Phi) is 4.98. The van der Waals surface area contributed by atoms with Gasteiger partial charge in [-0.3, -0.25) is 0 Å². The number of hydrogen-bond donors (Lipinski definition) is 1. The Hall–Kier alpha value is -0.680. The van der Waals surface area contributed by atoms with Gasteiger partial charge in [0.1, 0.15) is 12.0 Å². The van der Waals surface area contributed by atoms with Gasteiger partial charge >= 0.3 is 0 Å². The van der Waals surface area contributed by atoms with Crippen molar-refractivity contribution in [3.8, 4) is 0 Å². The molecular formula is C10H18N2O2S. The number of oxazole rings is 1. The zero-order valence-corrected chi connectivity index (χ0v) is 10.3. The smallest absolute Gasteiger partial charge is 0.297 e. The minimum Gasteiger partial charge on any atom is -0.432 e. The molecule has 0 aliphatic carbocycles. The number of rotatable bonds is 6. The molecule has 0 amide bonds. The molecule has 1 N–H and O–H groups in total. The first-order valence-electron chi connectivity index (χ1n) is 4.96. The molecule has 86 valence electrons. The summed E-state index contributed by atoms with van der Waals surface area (Å²) in [5, 5.41) is 8.87. The van der Waals surface area contributed by atoms with Gasteiger partial charge in [0, 0.05) is 13.1 Å². The number of thioether (sulfide) groups is 1. The van der Waals surface area contributed by atoms with E-state index in [1.165, 1.54) is 6.26 Å². The SMILES string of the molecule is CSCCC(C)N(C)c1nc(CO)co1. The lowest BCUT2D eigenvalue weighted by Crippen LogP contribution is -2.29. The summed E-state index contributed by atoms with van der Waals surface area (Å²) < 4.78 is 5.27. The van der Waals surface area contributed by atoms with Crippen LogP contribution in [-0.4, -0.2) is 35.2 Å². The van der Waals surface area contributed by atoms with Gasteiger partial charge < -0.3 is 14.4 Å². The third-order valence-corrected chi connectivity index (χ3v) is 3.05. The van der Waals surface area contributed by atoms with E-state index in [1.54, 1.807) is 0 Å². The average Bonchev–Trinajstić information content (AvgIpc) is 2.73. The van der Waals surface area contributed by atoms with Crippen LogP contribution in [0.15, 0.2) is 10.7 Å². The molecule has 4 nitrogen and oxygen atoms in total. The molecule has 1 aromatic rings. The largest absolute Gasteiger partial charge is 0.432 e. The number of anilines is 1. The van der Waals surface area contributed by atoms with Crippen molar-refractivity contribution in [2.45, 2.75) is 26.0 Å².